The molecule has 0 atom stereocenters. The second-order valence-corrected chi connectivity index (χ2v) is 5.89. The van der Waals surface area contributed by atoms with Crippen molar-refractivity contribution in [1.82, 2.24) is 9.97 Å². The number of aryl methyl sites for hydroxylation is 1. The number of hydrogen-bond acceptors (Lipinski definition) is 5. The number of pyridine rings is 2. The molecule has 7 heteroatoms. The van der Waals surface area contributed by atoms with Crippen LogP contribution >= 0.6 is 0 Å². The number of aromatic nitrogens is 2. The van der Waals surface area contributed by atoms with E-state index in [4.69, 9.17) is 0 Å². The third kappa shape index (κ3) is 3.24. The molecule has 2 aromatic heterocycles. The van der Waals surface area contributed by atoms with Crippen LogP contribution in [-0.2, 0) is 10.0 Å². The van der Waals surface area contributed by atoms with Crippen LogP contribution in [0.25, 0.3) is 0 Å². The molecule has 0 unspecified atom stereocenters. The van der Waals surface area contributed by atoms with Gasteiger partial charge in [-0.15, -0.1) is 0 Å². The molecule has 2 N–H and O–H groups in total. The summed E-state index contributed by atoms with van der Waals surface area (Å²) >= 11 is 0. The van der Waals surface area contributed by atoms with Crippen molar-refractivity contribution in [3.05, 3.63) is 42.4 Å². The summed E-state index contributed by atoms with van der Waals surface area (Å²) < 4.78 is 27.0. The first-order valence-electron chi connectivity index (χ1n) is 6.16. The predicted molar refractivity (Wildman–Crippen MR) is 78.2 cm³/mol. The summed E-state index contributed by atoms with van der Waals surface area (Å²) in [5.41, 5.74) is 1.27. The SMILES string of the molecule is CCNc1ccc(S(=O)(=O)Nc2ccncc2C)cn1. The third-order valence-electron chi connectivity index (χ3n) is 2.67. The first kappa shape index (κ1) is 14.3. The zero-order chi connectivity index (χ0) is 14.6. The van der Waals surface area contributed by atoms with Crippen LogP contribution in [0, 0.1) is 6.92 Å². The highest BCUT2D eigenvalue weighted by molar-refractivity contribution is 7.92. The summed E-state index contributed by atoms with van der Waals surface area (Å²) in [7, 11) is -3.64. The van der Waals surface area contributed by atoms with Gasteiger partial charge in [-0.25, -0.2) is 13.4 Å². The normalized spacial score (nSPS) is 11.1. The zero-order valence-corrected chi connectivity index (χ0v) is 12.1. The van der Waals surface area contributed by atoms with Crippen LogP contribution in [0.3, 0.4) is 0 Å². The predicted octanol–water partition coefficient (Wildman–Crippen LogP) is 2.02. The smallest absolute Gasteiger partial charge is 0.263 e. The van der Waals surface area contributed by atoms with Gasteiger partial charge in [0.2, 0.25) is 0 Å². The number of nitrogens with one attached hydrogen (secondary N) is 2. The van der Waals surface area contributed by atoms with Gasteiger partial charge in [-0.2, -0.15) is 0 Å². The Bertz CT molecular complexity index is 684. The zero-order valence-electron chi connectivity index (χ0n) is 11.3. The molecule has 0 aliphatic rings. The van der Waals surface area contributed by atoms with Crippen LogP contribution in [0.15, 0.2) is 41.7 Å². The quantitative estimate of drug-likeness (QED) is 0.880. The second-order valence-electron chi connectivity index (χ2n) is 4.21. The van der Waals surface area contributed by atoms with E-state index < -0.39 is 10.0 Å². The van der Waals surface area contributed by atoms with Gasteiger partial charge in [-0.05, 0) is 37.6 Å². The van der Waals surface area contributed by atoms with Crippen LogP contribution in [-0.4, -0.2) is 24.9 Å². The maximum absolute atomic E-state index is 12.2. The number of sulfonamides is 1. The fourth-order valence-electron chi connectivity index (χ4n) is 1.62. The van der Waals surface area contributed by atoms with E-state index in [0.29, 0.717) is 11.5 Å². The Morgan fingerprint density at radius 3 is 2.60 bits per heavy atom. The van der Waals surface area contributed by atoms with Gasteiger partial charge in [0, 0.05) is 25.1 Å². The van der Waals surface area contributed by atoms with Gasteiger partial charge in [0.25, 0.3) is 10.0 Å². The minimum atomic E-state index is -3.64. The Morgan fingerprint density at radius 2 is 2.00 bits per heavy atom. The highest BCUT2D eigenvalue weighted by Gasteiger charge is 2.15. The molecule has 6 nitrogen and oxygen atoms in total. The largest absolute Gasteiger partial charge is 0.370 e. The lowest BCUT2D eigenvalue weighted by Crippen LogP contribution is -2.14. The van der Waals surface area contributed by atoms with Crippen molar-refractivity contribution in [3.63, 3.8) is 0 Å². The molecule has 2 aromatic rings. The average molecular weight is 292 g/mol. The molecule has 0 saturated heterocycles. The lowest BCUT2D eigenvalue weighted by Gasteiger charge is -2.10. The van der Waals surface area contributed by atoms with Gasteiger partial charge in [0.15, 0.2) is 0 Å². The van der Waals surface area contributed by atoms with Crippen LogP contribution in [0.4, 0.5) is 11.5 Å². The van der Waals surface area contributed by atoms with E-state index >= 15 is 0 Å². The standard InChI is InChI=1S/C13H16N4O2S/c1-3-15-13-5-4-11(9-16-13)20(18,19)17-12-6-7-14-8-10(12)2/h4-9H,3H2,1-2H3,(H,14,17)(H,15,16). The van der Waals surface area contributed by atoms with Crippen molar-refractivity contribution < 1.29 is 8.42 Å². The second kappa shape index (κ2) is 5.87. The lowest BCUT2D eigenvalue weighted by molar-refractivity contribution is 0.601. The highest BCUT2D eigenvalue weighted by atomic mass is 32.2. The van der Waals surface area contributed by atoms with E-state index in [2.05, 4.69) is 20.0 Å². The van der Waals surface area contributed by atoms with Crippen molar-refractivity contribution in [2.75, 3.05) is 16.6 Å². The topological polar surface area (TPSA) is 84.0 Å². The summed E-state index contributed by atoms with van der Waals surface area (Å²) in [4.78, 5) is 8.10. The number of nitrogens with zero attached hydrogens (tertiary/aromatic N) is 2. The van der Waals surface area contributed by atoms with Crippen molar-refractivity contribution in [2.45, 2.75) is 18.7 Å². The minimum absolute atomic E-state index is 0.121. The molecular formula is C13H16N4O2S. The Hall–Kier alpha value is -2.15. The first-order valence-corrected chi connectivity index (χ1v) is 7.64. The fourth-order valence-corrected chi connectivity index (χ4v) is 2.69. The Morgan fingerprint density at radius 1 is 1.20 bits per heavy atom. The number of anilines is 2. The van der Waals surface area contributed by atoms with Crippen LogP contribution in [0.2, 0.25) is 0 Å². The van der Waals surface area contributed by atoms with E-state index in [9.17, 15) is 8.42 Å². The van der Waals surface area contributed by atoms with Gasteiger partial charge in [0.1, 0.15) is 10.7 Å². The molecule has 0 radical (unpaired) electrons. The molecule has 0 amide bonds. The van der Waals surface area contributed by atoms with E-state index in [1.54, 1.807) is 25.3 Å². The van der Waals surface area contributed by atoms with Gasteiger partial charge in [-0.1, -0.05) is 0 Å². The maximum atomic E-state index is 12.2. The summed E-state index contributed by atoms with van der Waals surface area (Å²) in [6.07, 6.45) is 4.47. The van der Waals surface area contributed by atoms with Gasteiger partial charge in [0.05, 0.1) is 5.69 Å². The molecule has 20 heavy (non-hydrogen) atoms. The van der Waals surface area contributed by atoms with Crippen molar-refractivity contribution in [2.24, 2.45) is 0 Å². The summed E-state index contributed by atoms with van der Waals surface area (Å²) in [6, 6.07) is 4.77. The molecular weight excluding hydrogens is 276 g/mol. The number of rotatable bonds is 5. The summed E-state index contributed by atoms with van der Waals surface area (Å²) in [5, 5.41) is 3.01. The highest BCUT2D eigenvalue weighted by Crippen LogP contribution is 2.18. The van der Waals surface area contributed by atoms with E-state index in [1.165, 1.54) is 18.5 Å². The Kier molecular flexibility index (Phi) is 4.19. The molecule has 0 bridgehead atoms. The molecule has 2 rings (SSSR count). The number of hydrogen-bond donors (Lipinski definition) is 2. The average Bonchev–Trinajstić information content (AvgIpc) is 2.42. The van der Waals surface area contributed by atoms with Crippen LogP contribution in [0.5, 0.6) is 0 Å². The van der Waals surface area contributed by atoms with E-state index in [0.717, 1.165) is 12.1 Å². The van der Waals surface area contributed by atoms with Crippen LogP contribution in [0.1, 0.15) is 12.5 Å². The molecule has 0 aliphatic heterocycles. The van der Waals surface area contributed by atoms with Gasteiger partial charge >= 0.3 is 0 Å². The molecule has 106 valence electrons. The van der Waals surface area contributed by atoms with Crippen molar-refractivity contribution in [3.8, 4) is 0 Å². The summed E-state index contributed by atoms with van der Waals surface area (Å²) in [6.45, 7) is 4.46. The molecule has 0 aromatic carbocycles. The summed E-state index contributed by atoms with van der Waals surface area (Å²) in [5.74, 6) is 0.645. The molecule has 0 saturated carbocycles. The van der Waals surface area contributed by atoms with Crippen LogP contribution < -0.4 is 10.0 Å². The maximum Gasteiger partial charge on any atom is 0.263 e. The monoisotopic (exact) mass is 292 g/mol. The first-order chi connectivity index (χ1) is 9.53. The van der Waals surface area contributed by atoms with Crippen molar-refractivity contribution >= 4 is 21.5 Å². The molecule has 0 fully saturated rings. The van der Waals surface area contributed by atoms with E-state index in [-0.39, 0.29) is 4.90 Å². The molecule has 2 heterocycles. The van der Waals surface area contributed by atoms with Crippen molar-refractivity contribution in [1.29, 1.82) is 0 Å². The lowest BCUT2D eigenvalue weighted by atomic mass is 10.3. The fraction of sp³-hybridized carbons (Fsp3) is 0.231. The molecule has 0 spiro atoms. The Balaban J connectivity index is 2.24. The van der Waals surface area contributed by atoms with Gasteiger partial charge in [-0.3, -0.25) is 9.71 Å². The molecule has 0 aliphatic carbocycles. The van der Waals surface area contributed by atoms with E-state index in [1.807, 2.05) is 6.92 Å². The van der Waals surface area contributed by atoms with Gasteiger partial charge < -0.3 is 5.32 Å². The minimum Gasteiger partial charge on any atom is -0.370 e. The third-order valence-corrected chi connectivity index (χ3v) is 4.02. The Labute approximate surface area is 118 Å².